The van der Waals surface area contributed by atoms with E-state index in [-0.39, 0.29) is 24.2 Å². The van der Waals surface area contributed by atoms with Crippen molar-refractivity contribution >= 4 is 10.1 Å². The van der Waals surface area contributed by atoms with Crippen molar-refractivity contribution in [1.29, 1.82) is 0 Å². The summed E-state index contributed by atoms with van der Waals surface area (Å²) in [7, 11) is -3.28. The molecule has 0 N–H and O–H groups in total. The summed E-state index contributed by atoms with van der Waals surface area (Å²) >= 11 is 0. The van der Waals surface area contributed by atoms with Crippen molar-refractivity contribution in [2.75, 3.05) is 12.4 Å². The highest BCUT2D eigenvalue weighted by atomic mass is 32.2. The van der Waals surface area contributed by atoms with Crippen LogP contribution in [-0.4, -0.2) is 20.8 Å². The Hall–Kier alpha value is -0.0900. The van der Waals surface area contributed by atoms with Gasteiger partial charge >= 0.3 is 0 Å². The van der Waals surface area contributed by atoms with Crippen LogP contribution in [0.5, 0.6) is 0 Å². The molecule has 0 aliphatic heterocycles. The molecule has 0 heterocycles. The molecule has 0 aliphatic carbocycles. The zero-order chi connectivity index (χ0) is 9.78. The van der Waals surface area contributed by atoms with E-state index in [0.29, 0.717) is 0 Å². The summed E-state index contributed by atoms with van der Waals surface area (Å²) in [6, 6.07) is 0. The molecule has 0 saturated carbocycles. The SMILES string of the molecule is CC(C)COS(=O)(=O)CC(C)C. The fourth-order valence-electron chi connectivity index (χ4n) is 0.696. The second-order valence-corrected chi connectivity index (χ2v) is 5.48. The summed E-state index contributed by atoms with van der Waals surface area (Å²) in [5.74, 6) is 0.494. The van der Waals surface area contributed by atoms with Crippen LogP contribution in [-0.2, 0) is 14.3 Å². The van der Waals surface area contributed by atoms with Crippen LogP contribution < -0.4 is 0 Å². The number of rotatable bonds is 5. The third-order valence-corrected chi connectivity index (χ3v) is 2.69. The first-order valence-corrected chi connectivity index (χ1v) is 5.78. The molecular weight excluding hydrogens is 176 g/mol. The fourth-order valence-corrected chi connectivity index (χ4v) is 2.09. The molecule has 0 unspecified atom stereocenters. The van der Waals surface area contributed by atoms with Gasteiger partial charge < -0.3 is 0 Å². The molecule has 0 amide bonds. The molecule has 0 saturated heterocycles. The Morgan fingerprint density at radius 3 is 1.92 bits per heavy atom. The van der Waals surface area contributed by atoms with Crippen LogP contribution in [0.25, 0.3) is 0 Å². The molecule has 4 heteroatoms. The second-order valence-electron chi connectivity index (χ2n) is 3.80. The monoisotopic (exact) mass is 194 g/mol. The van der Waals surface area contributed by atoms with E-state index >= 15 is 0 Å². The minimum absolute atomic E-state index is 0.111. The Kier molecular flexibility index (Phi) is 4.78. The van der Waals surface area contributed by atoms with Crippen molar-refractivity contribution in [2.45, 2.75) is 27.7 Å². The summed E-state index contributed by atoms with van der Waals surface area (Å²) in [5.41, 5.74) is 0. The van der Waals surface area contributed by atoms with Gasteiger partial charge in [0.2, 0.25) is 0 Å². The molecule has 3 nitrogen and oxygen atoms in total. The normalized spacial score (nSPS) is 12.8. The van der Waals surface area contributed by atoms with Crippen LogP contribution in [0.3, 0.4) is 0 Å². The van der Waals surface area contributed by atoms with Crippen LogP contribution >= 0.6 is 0 Å². The van der Waals surface area contributed by atoms with Crippen molar-refractivity contribution in [2.24, 2.45) is 11.8 Å². The predicted octanol–water partition coefficient (Wildman–Crippen LogP) is 1.64. The van der Waals surface area contributed by atoms with E-state index in [2.05, 4.69) is 0 Å². The van der Waals surface area contributed by atoms with Crippen LogP contribution in [0.4, 0.5) is 0 Å². The lowest BCUT2D eigenvalue weighted by Gasteiger charge is -2.08. The van der Waals surface area contributed by atoms with Gasteiger partial charge in [-0.3, -0.25) is 4.18 Å². The smallest absolute Gasteiger partial charge is 0.267 e. The minimum atomic E-state index is -3.28. The van der Waals surface area contributed by atoms with E-state index in [1.165, 1.54) is 0 Å². The standard InChI is InChI=1S/C8H18O3S/c1-7(2)5-11-12(9,10)6-8(3)4/h7-8H,5-6H2,1-4H3. The molecule has 12 heavy (non-hydrogen) atoms. The molecular formula is C8H18O3S. The number of hydrogen-bond acceptors (Lipinski definition) is 3. The van der Waals surface area contributed by atoms with Crippen molar-refractivity contribution < 1.29 is 12.6 Å². The Morgan fingerprint density at radius 1 is 1.08 bits per heavy atom. The van der Waals surface area contributed by atoms with E-state index in [1.54, 1.807) is 0 Å². The van der Waals surface area contributed by atoms with E-state index in [4.69, 9.17) is 4.18 Å². The maximum absolute atomic E-state index is 11.1. The second kappa shape index (κ2) is 4.82. The van der Waals surface area contributed by atoms with Crippen LogP contribution in [0.1, 0.15) is 27.7 Å². The Labute approximate surface area is 75.2 Å². The maximum Gasteiger partial charge on any atom is 0.267 e. The van der Waals surface area contributed by atoms with Crippen LogP contribution in [0, 0.1) is 11.8 Å². The zero-order valence-electron chi connectivity index (χ0n) is 8.20. The van der Waals surface area contributed by atoms with Gasteiger partial charge in [0.1, 0.15) is 0 Å². The highest BCUT2D eigenvalue weighted by Crippen LogP contribution is 2.04. The molecule has 0 rings (SSSR count). The molecule has 0 radical (unpaired) electrons. The lowest BCUT2D eigenvalue weighted by Crippen LogP contribution is -2.17. The first-order chi connectivity index (χ1) is 5.33. The van der Waals surface area contributed by atoms with Gasteiger partial charge in [0.15, 0.2) is 0 Å². The first kappa shape index (κ1) is 11.9. The van der Waals surface area contributed by atoms with E-state index < -0.39 is 10.1 Å². The Bertz CT molecular complexity index is 204. The third kappa shape index (κ3) is 6.61. The van der Waals surface area contributed by atoms with Gasteiger partial charge in [-0.2, -0.15) is 8.42 Å². The predicted molar refractivity (Wildman–Crippen MR) is 49.4 cm³/mol. The molecule has 0 atom stereocenters. The average Bonchev–Trinajstić information content (AvgIpc) is 1.81. The first-order valence-electron chi connectivity index (χ1n) is 4.20. The van der Waals surface area contributed by atoms with Crippen LogP contribution in [0.2, 0.25) is 0 Å². The van der Waals surface area contributed by atoms with Gasteiger partial charge in [-0.1, -0.05) is 27.7 Å². The van der Waals surface area contributed by atoms with E-state index in [1.807, 2.05) is 27.7 Å². The molecule has 0 aliphatic rings. The molecule has 74 valence electrons. The summed E-state index contributed by atoms with van der Waals surface area (Å²) in [5, 5.41) is 0. The summed E-state index contributed by atoms with van der Waals surface area (Å²) in [6.45, 7) is 7.84. The van der Waals surface area contributed by atoms with Gasteiger partial charge in [-0.05, 0) is 11.8 Å². The van der Waals surface area contributed by atoms with Gasteiger partial charge in [0.05, 0.1) is 12.4 Å². The maximum atomic E-state index is 11.1. The highest BCUT2D eigenvalue weighted by Gasteiger charge is 2.13. The van der Waals surface area contributed by atoms with Gasteiger partial charge in [0.25, 0.3) is 10.1 Å². The van der Waals surface area contributed by atoms with E-state index in [9.17, 15) is 8.42 Å². The molecule has 0 aromatic rings. The minimum Gasteiger partial charge on any atom is -0.270 e. The topological polar surface area (TPSA) is 43.4 Å². The van der Waals surface area contributed by atoms with Crippen molar-refractivity contribution in [3.63, 3.8) is 0 Å². The fraction of sp³-hybridized carbons (Fsp3) is 1.00. The zero-order valence-corrected chi connectivity index (χ0v) is 9.02. The molecule has 0 aromatic carbocycles. The van der Waals surface area contributed by atoms with Gasteiger partial charge in [-0.25, -0.2) is 0 Å². The largest absolute Gasteiger partial charge is 0.270 e. The van der Waals surface area contributed by atoms with E-state index in [0.717, 1.165) is 0 Å². The average molecular weight is 194 g/mol. The van der Waals surface area contributed by atoms with Crippen molar-refractivity contribution in [3.8, 4) is 0 Å². The van der Waals surface area contributed by atoms with Gasteiger partial charge in [0, 0.05) is 0 Å². The molecule has 0 bridgehead atoms. The summed E-state index contributed by atoms with van der Waals surface area (Å²) in [6.07, 6.45) is 0. The van der Waals surface area contributed by atoms with Crippen molar-refractivity contribution in [1.82, 2.24) is 0 Å². The third-order valence-electron chi connectivity index (χ3n) is 1.12. The van der Waals surface area contributed by atoms with Gasteiger partial charge in [-0.15, -0.1) is 0 Å². The quantitative estimate of drug-likeness (QED) is 0.625. The lowest BCUT2D eigenvalue weighted by molar-refractivity contribution is 0.273. The van der Waals surface area contributed by atoms with Crippen molar-refractivity contribution in [3.05, 3.63) is 0 Å². The molecule has 0 aromatic heterocycles. The summed E-state index contributed by atoms with van der Waals surface area (Å²) in [4.78, 5) is 0. The summed E-state index contributed by atoms with van der Waals surface area (Å²) < 4.78 is 27.0. The van der Waals surface area contributed by atoms with Crippen LogP contribution in [0.15, 0.2) is 0 Å². The Balaban J connectivity index is 3.89. The number of hydrogen-bond donors (Lipinski definition) is 0. The highest BCUT2D eigenvalue weighted by molar-refractivity contribution is 7.86. The Morgan fingerprint density at radius 2 is 1.58 bits per heavy atom. The molecule has 0 spiro atoms. The lowest BCUT2D eigenvalue weighted by atomic mass is 10.2. The molecule has 0 fully saturated rings.